The van der Waals surface area contributed by atoms with Gasteiger partial charge in [-0.25, -0.2) is 4.79 Å². The van der Waals surface area contributed by atoms with Crippen LogP contribution in [0, 0.1) is 0 Å². The number of aromatic nitrogens is 2. The number of aliphatic hydroxyl groups excluding tert-OH is 2. The van der Waals surface area contributed by atoms with Crippen LogP contribution >= 0.6 is 9.24 Å². The van der Waals surface area contributed by atoms with Crippen molar-refractivity contribution in [2.24, 2.45) is 0 Å². The van der Waals surface area contributed by atoms with E-state index in [0.29, 0.717) is 0 Å². The fourth-order valence-electron chi connectivity index (χ4n) is 2.06. The molecule has 0 amide bonds. The summed E-state index contributed by atoms with van der Waals surface area (Å²) in [4.78, 5) is 36.0. The van der Waals surface area contributed by atoms with Crippen molar-refractivity contribution in [3.05, 3.63) is 33.1 Å². The zero-order valence-corrected chi connectivity index (χ0v) is 11.6. The molecule has 2 heterocycles. The molecule has 0 bridgehead atoms. The highest BCUT2D eigenvalue weighted by atomic mass is 31.0. The molecule has 8 nitrogen and oxygen atoms in total. The van der Waals surface area contributed by atoms with Crippen molar-refractivity contribution in [1.29, 1.82) is 0 Å². The maximum Gasteiger partial charge on any atom is 0.330 e. The van der Waals surface area contributed by atoms with Crippen molar-refractivity contribution < 1.29 is 19.7 Å². The maximum atomic E-state index is 11.6. The van der Waals surface area contributed by atoms with Gasteiger partial charge < -0.3 is 14.9 Å². The van der Waals surface area contributed by atoms with Crippen molar-refractivity contribution in [3.63, 3.8) is 0 Å². The lowest BCUT2D eigenvalue weighted by atomic mass is 10.1. The fourth-order valence-corrected chi connectivity index (χ4v) is 2.23. The van der Waals surface area contributed by atoms with Gasteiger partial charge in [0.15, 0.2) is 6.23 Å². The lowest BCUT2D eigenvalue weighted by molar-refractivity contribution is -0.121. The van der Waals surface area contributed by atoms with E-state index in [2.05, 4.69) is 9.24 Å². The van der Waals surface area contributed by atoms with Crippen LogP contribution in [0.5, 0.6) is 0 Å². The van der Waals surface area contributed by atoms with Crippen molar-refractivity contribution in [1.82, 2.24) is 9.55 Å². The molecule has 1 aliphatic rings. The van der Waals surface area contributed by atoms with Crippen LogP contribution in [-0.4, -0.2) is 50.0 Å². The second-order valence-electron chi connectivity index (χ2n) is 4.51. The maximum absolute atomic E-state index is 11.6. The number of nitrogens with one attached hydrogen (secondary N) is 1. The lowest BCUT2D eigenvalue weighted by Gasteiger charge is -2.16. The molecule has 1 aromatic heterocycles. The van der Waals surface area contributed by atoms with Gasteiger partial charge in [0.05, 0.1) is 6.10 Å². The van der Waals surface area contributed by atoms with Gasteiger partial charge in [-0.3, -0.25) is 19.1 Å². The summed E-state index contributed by atoms with van der Waals surface area (Å²) >= 11 is 0. The Bertz CT molecular complexity index is 611. The Hall–Kier alpha value is -1.34. The van der Waals surface area contributed by atoms with Gasteiger partial charge in [-0.05, 0) is 0 Å². The molecule has 0 saturated carbocycles. The third-order valence-corrected chi connectivity index (χ3v) is 3.57. The standard InChI is InChI=1S/C11H15N2O6P/c14-5(4-20)3-6-8(16)9(17)10(19-6)13-2-1-7(15)12-11(13)18/h1-2,6,8-10,16-17H,3-4,20H2,(H,12,15,18)/t6-,8?,9?,10-/m0/s1. The van der Waals surface area contributed by atoms with Crippen molar-refractivity contribution in [3.8, 4) is 0 Å². The summed E-state index contributed by atoms with van der Waals surface area (Å²) in [5.41, 5.74) is -1.33. The zero-order valence-electron chi connectivity index (χ0n) is 10.4. The molecule has 0 spiro atoms. The number of aromatic amines is 1. The summed E-state index contributed by atoms with van der Waals surface area (Å²) < 4.78 is 6.35. The quantitative estimate of drug-likeness (QED) is 0.553. The van der Waals surface area contributed by atoms with Crippen LogP contribution in [0.2, 0.25) is 0 Å². The molecule has 1 fully saturated rings. The summed E-state index contributed by atoms with van der Waals surface area (Å²) in [5, 5.41) is 19.8. The number of ether oxygens (including phenoxy) is 1. The average Bonchev–Trinajstić information content (AvgIpc) is 2.67. The molecular formula is C11H15N2O6P. The van der Waals surface area contributed by atoms with Crippen LogP contribution in [-0.2, 0) is 9.53 Å². The van der Waals surface area contributed by atoms with E-state index in [9.17, 15) is 24.6 Å². The molecule has 9 heteroatoms. The zero-order chi connectivity index (χ0) is 14.9. The van der Waals surface area contributed by atoms with Crippen LogP contribution in [0.25, 0.3) is 0 Å². The van der Waals surface area contributed by atoms with Gasteiger partial charge in [-0.15, -0.1) is 9.24 Å². The minimum atomic E-state index is -1.36. The Morgan fingerprint density at radius 3 is 2.70 bits per heavy atom. The van der Waals surface area contributed by atoms with E-state index in [4.69, 9.17) is 4.74 Å². The normalized spacial score (nSPS) is 29.6. The number of carbonyl (C=O) groups excluding carboxylic acids is 1. The summed E-state index contributed by atoms with van der Waals surface area (Å²) in [5.74, 6) is -0.152. The Morgan fingerprint density at radius 2 is 2.10 bits per heavy atom. The molecule has 0 aromatic carbocycles. The number of aliphatic hydroxyl groups is 2. The average molecular weight is 302 g/mol. The first-order valence-corrected chi connectivity index (χ1v) is 6.80. The Balaban J connectivity index is 2.24. The van der Waals surface area contributed by atoms with Crippen molar-refractivity contribution in [2.45, 2.75) is 31.0 Å². The molecule has 0 aliphatic carbocycles. The largest absolute Gasteiger partial charge is 0.388 e. The summed E-state index contributed by atoms with van der Waals surface area (Å²) in [6, 6.07) is 1.10. The second-order valence-corrected chi connectivity index (χ2v) is 4.92. The van der Waals surface area contributed by atoms with E-state index in [0.717, 1.165) is 10.6 Å². The lowest BCUT2D eigenvalue weighted by Crippen LogP contribution is -2.37. The monoisotopic (exact) mass is 302 g/mol. The van der Waals surface area contributed by atoms with E-state index >= 15 is 0 Å². The van der Waals surface area contributed by atoms with E-state index in [1.807, 2.05) is 4.98 Å². The predicted octanol–water partition coefficient (Wildman–Crippen LogP) is -2.01. The minimum absolute atomic E-state index is 0.0592. The van der Waals surface area contributed by atoms with Crippen LogP contribution < -0.4 is 11.2 Å². The smallest absolute Gasteiger partial charge is 0.330 e. The number of hydrogen-bond acceptors (Lipinski definition) is 6. The van der Waals surface area contributed by atoms with Crippen LogP contribution in [0.3, 0.4) is 0 Å². The molecule has 3 unspecified atom stereocenters. The molecule has 110 valence electrons. The molecule has 1 aromatic rings. The highest BCUT2D eigenvalue weighted by Crippen LogP contribution is 2.30. The highest BCUT2D eigenvalue weighted by molar-refractivity contribution is 7.18. The Kier molecular flexibility index (Phi) is 4.49. The van der Waals surface area contributed by atoms with Gasteiger partial charge in [-0.1, -0.05) is 0 Å². The first-order chi connectivity index (χ1) is 9.43. The van der Waals surface area contributed by atoms with E-state index < -0.39 is 35.8 Å². The Labute approximate surface area is 115 Å². The summed E-state index contributed by atoms with van der Waals surface area (Å²) in [6.45, 7) is 0. The van der Waals surface area contributed by atoms with Crippen LogP contribution in [0.1, 0.15) is 12.6 Å². The summed E-state index contributed by atoms with van der Waals surface area (Å²) in [7, 11) is 2.27. The van der Waals surface area contributed by atoms with Gasteiger partial charge in [0.1, 0.15) is 18.0 Å². The minimum Gasteiger partial charge on any atom is -0.388 e. The van der Waals surface area contributed by atoms with E-state index in [1.54, 1.807) is 0 Å². The van der Waals surface area contributed by atoms with Gasteiger partial charge in [0.25, 0.3) is 5.56 Å². The number of rotatable bonds is 4. The van der Waals surface area contributed by atoms with Crippen LogP contribution in [0.4, 0.5) is 0 Å². The highest BCUT2D eigenvalue weighted by Gasteiger charge is 2.44. The van der Waals surface area contributed by atoms with E-state index in [1.165, 1.54) is 6.20 Å². The first kappa shape index (κ1) is 15.1. The molecule has 20 heavy (non-hydrogen) atoms. The van der Waals surface area contributed by atoms with E-state index in [-0.39, 0.29) is 18.4 Å². The number of hydrogen-bond donors (Lipinski definition) is 3. The molecule has 2 rings (SSSR count). The molecule has 1 saturated heterocycles. The third kappa shape index (κ3) is 2.88. The third-order valence-electron chi connectivity index (χ3n) is 3.12. The SMILES string of the molecule is O=C(CP)C[C@@H]1O[C@H](n2ccc(=O)[nH]c2=O)C(O)C1O. The first-order valence-electron chi connectivity index (χ1n) is 5.99. The predicted molar refractivity (Wildman–Crippen MR) is 71.4 cm³/mol. The summed E-state index contributed by atoms with van der Waals surface area (Å²) in [6.07, 6.45) is -3.34. The van der Waals surface area contributed by atoms with Gasteiger partial charge in [-0.2, -0.15) is 0 Å². The Morgan fingerprint density at radius 1 is 1.40 bits per heavy atom. The second kappa shape index (κ2) is 5.97. The molecular weight excluding hydrogens is 287 g/mol. The topological polar surface area (TPSA) is 122 Å². The molecule has 5 atom stereocenters. The molecule has 0 radical (unpaired) electrons. The number of carbonyl (C=O) groups is 1. The fraction of sp³-hybridized carbons (Fsp3) is 0.545. The number of ketones is 1. The molecule has 1 aliphatic heterocycles. The van der Waals surface area contributed by atoms with Crippen molar-refractivity contribution >= 4 is 15.0 Å². The van der Waals surface area contributed by atoms with Gasteiger partial charge >= 0.3 is 5.69 Å². The van der Waals surface area contributed by atoms with Gasteiger partial charge in [0.2, 0.25) is 0 Å². The number of nitrogens with zero attached hydrogens (tertiary/aromatic N) is 1. The van der Waals surface area contributed by atoms with Crippen LogP contribution in [0.15, 0.2) is 21.9 Å². The number of Topliss-reactive ketones (excluding diaryl/α,β-unsaturated/α-hetero) is 1. The van der Waals surface area contributed by atoms with Gasteiger partial charge in [0, 0.05) is 24.8 Å². The van der Waals surface area contributed by atoms with Crippen molar-refractivity contribution in [2.75, 3.05) is 6.16 Å². The molecule has 3 N–H and O–H groups in total. The number of H-pyrrole nitrogens is 1.